The summed E-state index contributed by atoms with van der Waals surface area (Å²) in [6, 6.07) is 4.21. The Balaban J connectivity index is 2.64. The first-order valence-electron chi connectivity index (χ1n) is 4.76. The highest BCUT2D eigenvalue weighted by Gasteiger charge is 2.21. The van der Waals surface area contributed by atoms with Crippen LogP contribution in [0.25, 0.3) is 11.3 Å². The van der Waals surface area contributed by atoms with Gasteiger partial charge in [0.1, 0.15) is 5.69 Å². The van der Waals surface area contributed by atoms with Crippen LogP contribution in [0.4, 0.5) is 13.2 Å². The van der Waals surface area contributed by atoms with Crippen molar-refractivity contribution in [3.8, 4) is 11.3 Å². The van der Waals surface area contributed by atoms with Crippen molar-refractivity contribution in [2.75, 3.05) is 0 Å². The molecule has 0 aliphatic heterocycles. The SMILES string of the molecule is Cn1cc(C(F)F)c(-c2cccc(Cl)c2F)n1. The van der Waals surface area contributed by atoms with Crippen LogP contribution in [0.2, 0.25) is 5.02 Å². The number of nitrogens with zero attached hydrogens (tertiary/aromatic N) is 2. The van der Waals surface area contributed by atoms with Gasteiger partial charge in [-0.1, -0.05) is 17.7 Å². The number of hydrogen-bond acceptors (Lipinski definition) is 1. The van der Waals surface area contributed by atoms with Crippen molar-refractivity contribution in [3.05, 3.63) is 40.8 Å². The second kappa shape index (κ2) is 4.41. The van der Waals surface area contributed by atoms with Gasteiger partial charge in [0.15, 0.2) is 5.82 Å². The summed E-state index contributed by atoms with van der Waals surface area (Å²) in [6.07, 6.45) is -1.54. The van der Waals surface area contributed by atoms with Crippen LogP contribution in [0.3, 0.4) is 0 Å². The van der Waals surface area contributed by atoms with E-state index in [1.807, 2.05) is 0 Å². The topological polar surface area (TPSA) is 17.8 Å². The molecule has 0 N–H and O–H groups in total. The summed E-state index contributed by atoms with van der Waals surface area (Å²) < 4.78 is 40.4. The zero-order chi connectivity index (χ0) is 12.6. The zero-order valence-corrected chi connectivity index (χ0v) is 9.55. The molecule has 0 unspecified atom stereocenters. The normalized spacial score (nSPS) is 11.2. The van der Waals surface area contributed by atoms with Crippen molar-refractivity contribution in [2.45, 2.75) is 6.43 Å². The molecule has 1 aromatic carbocycles. The van der Waals surface area contributed by atoms with E-state index in [1.165, 1.54) is 36.1 Å². The van der Waals surface area contributed by atoms with Gasteiger partial charge in [-0.15, -0.1) is 0 Å². The molecule has 90 valence electrons. The van der Waals surface area contributed by atoms with E-state index in [9.17, 15) is 13.2 Å². The summed E-state index contributed by atoms with van der Waals surface area (Å²) in [4.78, 5) is 0. The molecule has 2 rings (SSSR count). The van der Waals surface area contributed by atoms with Gasteiger partial charge < -0.3 is 0 Å². The largest absolute Gasteiger partial charge is 0.275 e. The van der Waals surface area contributed by atoms with Gasteiger partial charge in [-0.05, 0) is 12.1 Å². The lowest BCUT2D eigenvalue weighted by Gasteiger charge is -2.03. The molecule has 0 atom stereocenters. The van der Waals surface area contributed by atoms with Crippen molar-refractivity contribution in [1.29, 1.82) is 0 Å². The standard InChI is InChI=1S/C11H8ClF3N2/c1-17-5-7(11(14)15)10(16-17)6-3-2-4-8(12)9(6)13/h2-5,11H,1H3. The fraction of sp³-hybridized carbons (Fsp3) is 0.182. The Morgan fingerprint density at radius 1 is 1.35 bits per heavy atom. The third-order valence-electron chi connectivity index (χ3n) is 2.30. The molecular weight excluding hydrogens is 253 g/mol. The second-order valence-electron chi connectivity index (χ2n) is 3.51. The van der Waals surface area contributed by atoms with Crippen LogP contribution in [-0.4, -0.2) is 9.78 Å². The van der Waals surface area contributed by atoms with Gasteiger partial charge in [0.25, 0.3) is 6.43 Å². The molecule has 0 fully saturated rings. The van der Waals surface area contributed by atoms with E-state index in [2.05, 4.69) is 5.10 Å². The molecule has 2 nitrogen and oxygen atoms in total. The van der Waals surface area contributed by atoms with E-state index in [0.717, 1.165) is 0 Å². The van der Waals surface area contributed by atoms with Crippen LogP contribution in [0.15, 0.2) is 24.4 Å². The van der Waals surface area contributed by atoms with Crippen molar-refractivity contribution in [1.82, 2.24) is 9.78 Å². The van der Waals surface area contributed by atoms with Crippen molar-refractivity contribution in [2.24, 2.45) is 7.05 Å². The minimum Gasteiger partial charge on any atom is -0.275 e. The molecule has 0 bridgehead atoms. The summed E-state index contributed by atoms with van der Waals surface area (Å²) in [7, 11) is 1.50. The van der Waals surface area contributed by atoms with Crippen LogP contribution < -0.4 is 0 Å². The van der Waals surface area contributed by atoms with E-state index in [4.69, 9.17) is 11.6 Å². The molecule has 1 aromatic heterocycles. The molecule has 2 aromatic rings. The molecule has 17 heavy (non-hydrogen) atoms. The number of alkyl halides is 2. The molecule has 0 saturated carbocycles. The van der Waals surface area contributed by atoms with Crippen molar-refractivity contribution >= 4 is 11.6 Å². The molecule has 0 radical (unpaired) electrons. The second-order valence-corrected chi connectivity index (χ2v) is 3.92. The fourth-order valence-electron chi connectivity index (χ4n) is 1.56. The molecule has 0 saturated heterocycles. The minimum absolute atomic E-state index is 0.0200. The van der Waals surface area contributed by atoms with Crippen molar-refractivity contribution < 1.29 is 13.2 Å². The third kappa shape index (κ3) is 2.15. The maximum Gasteiger partial charge on any atom is 0.267 e. The van der Waals surface area contributed by atoms with E-state index in [-0.39, 0.29) is 21.8 Å². The Hall–Kier alpha value is -1.49. The lowest BCUT2D eigenvalue weighted by atomic mass is 10.1. The van der Waals surface area contributed by atoms with Gasteiger partial charge in [0.2, 0.25) is 0 Å². The Labute approximate surface area is 101 Å². The fourth-order valence-corrected chi connectivity index (χ4v) is 1.74. The van der Waals surface area contributed by atoms with E-state index < -0.39 is 12.2 Å². The number of hydrogen-bond donors (Lipinski definition) is 0. The Bertz CT molecular complexity index is 552. The first kappa shape index (κ1) is 12.0. The number of halogens is 4. The first-order valence-corrected chi connectivity index (χ1v) is 5.14. The number of benzene rings is 1. The van der Waals surface area contributed by atoms with Crippen LogP contribution in [-0.2, 0) is 7.05 Å². The average Bonchev–Trinajstić information content (AvgIpc) is 2.64. The number of aryl methyl sites for hydroxylation is 1. The molecule has 0 amide bonds. The van der Waals surface area contributed by atoms with Crippen LogP contribution >= 0.6 is 11.6 Å². The van der Waals surface area contributed by atoms with Gasteiger partial charge in [-0.25, -0.2) is 13.2 Å². The highest BCUT2D eigenvalue weighted by atomic mass is 35.5. The third-order valence-corrected chi connectivity index (χ3v) is 2.59. The predicted octanol–water partition coefficient (Wildman–Crippen LogP) is 3.82. The molecule has 0 aliphatic rings. The van der Waals surface area contributed by atoms with E-state index in [0.29, 0.717) is 0 Å². The van der Waals surface area contributed by atoms with Gasteiger partial charge >= 0.3 is 0 Å². The van der Waals surface area contributed by atoms with Crippen molar-refractivity contribution in [3.63, 3.8) is 0 Å². The zero-order valence-electron chi connectivity index (χ0n) is 8.79. The van der Waals surface area contributed by atoms with Gasteiger partial charge in [0.05, 0.1) is 10.6 Å². The highest BCUT2D eigenvalue weighted by Crippen LogP contribution is 2.33. The molecule has 0 spiro atoms. The molecule has 1 heterocycles. The summed E-state index contributed by atoms with van der Waals surface area (Å²) in [5.41, 5.74) is -0.412. The van der Waals surface area contributed by atoms with Gasteiger partial charge in [-0.2, -0.15) is 5.10 Å². The average molecular weight is 261 g/mol. The van der Waals surface area contributed by atoms with E-state index in [1.54, 1.807) is 0 Å². The Kier molecular flexibility index (Phi) is 3.11. The predicted molar refractivity (Wildman–Crippen MR) is 58.6 cm³/mol. The van der Waals surface area contributed by atoms with Crippen LogP contribution in [0.5, 0.6) is 0 Å². The maximum atomic E-state index is 13.7. The Morgan fingerprint density at radius 3 is 2.71 bits per heavy atom. The van der Waals surface area contributed by atoms with Crippen LogP contribution in [0, 0.1) is 5.82 Å². The van der Waals surface area contributed by atoms with Crippen LogP contribution in [0.1, 0.15) is 12.0 Å². The smallest absolute Gasteiger partial charge is 0.267 e. The molecule has 6 heteroatoms. The molecule has 0 aliphatic carbocycles. The van der Waals surface area contributed by atoms with Gasteiger partial charge in [-0.3, -0.25) is 4.68 Å². The maximum absolute atomic E-state index is 13.7. The summed E-state index contributed by atoms with van der Waals surface area (Å²) in [5, 5.41) is 3.72. The lowest BCUT2D eigenvalue weighted by molar-refractivity contribution is 0.152. The van der Waals surface area contributed by atoms with E-state index >= 15 is 0 Å². The first-order chi connectivity index (χ1) is 8.00. The minimum atomic E-state index is -2.71. The molecular formula is C11H8ClF3N2. The monoisotopic (exact) mass is 260 g/mol. The van der Waals surface area contributed by atoms with Gasteiger partial charge in [0, 0.05) is 18.8 Å². The summed E-state index contributed by atoms with van der Waals surface area (Å²) in [6.45, 7) is 0. The lowest BCUT2D eigenvalue weighted by Crippen LogP contribution is -1.92. The highest BCUT2D eigenvalue weighted by molar-refractivity contribution is 6.31. The quantitative estimate of drug-likeness (QED) is 0.803. The number of aromatic nitrogens is 2. The number of rotatable bonds is 2. The summed E-state index contributed by atoms with van der Waals surface area (Å²) >= 11 is 5.61. The summed E-state index contributed by atoms with van der Waals surface area (Å²) in [5.74, 6) is -0.741. The Morgan fingerprint density at radius 2 is 2.06 bits per heavy atom.